The van der Waals surface area contributed by atoms with Gasteiger partial charge in [0.1, 0.15) is 4.88 Å². The number of aromatic nitrogens is 1. The molecule has 7 heteroatoms. The highest BCUT2D eigenvalue weighted by atomic mass is 32.1. The van der Waals surface area contributed by atoms with Crippen LogP contribution in [-0.4, -0.2) is 16.9 Å². The molecule has 0 spiro atoms. The Balaban J connectivity index is 1.95. The number of halogens is 3. The van der Waals surface area contributed by atoms with Gasteiger partial charge in [-0.3, -0.25) is 4.79 Å². The molecule has 1 aromatic rings. The summed E-state index contributed by atoms with van der Waals surface area (Å²) in [5.74, 6) is -0.637. The van der Waals surface area contributed by atoms with E-state index in [-0.39, 0.29) is 10.9 Å². The summed E-state index contributed by atoms with van der Waals surface area (Å²) in [5, 5.41) is 2.82. The second-order valence-electron chi connectivity index (χ2n) is 6.46. The molecule has 1 saturated carbocycles. The van der Waals surface area contributed by atoms with E-state index in [1.807, 2.05) is 0 Å². The Morgan fingerprint density at radius 1 is 1.00 bits per heavy atom. The van der Waals surface area contributed by atoms with Crippen molar-refractivity contribution < 1.29 is 18.0 Å². The quantitative estimate of drug-likeness (QED) is 0.748. The highest BCUT2D eigenvalue weighted by Crippen LogP contribution is 2.32. The van der Waals surface area contributed by atoms with E-state index >= 15 is 0 Å². The Morgan fingerprint density at radius 2 is 1.50 bits per heavy atom. The summed E-state index contributed by atoms with van der Waals surface area (Å²) in [6, 6.07) is -0.0416. The van der Waals surface area contributed by atoms with Crippen LogP contribution < -0.4 is 5.32 Å². The number of alkyl halides is 3. The fourth-order valence-electron chi connectivity index (χ4n) is 3.17. The van der Waals surface area contributed by atoms with E-state index in [0.717, 1.165) is 55.4 Å². The highest BCUT2D eigenvalue weighted by Gasteiger charge is 2.38. The molecule has 1 N–H and O–H groups in total. The first-order chi connectivity index (χ1) is 11.5. The number of thiazole rings is 1. The molecule has 1 aliphatic carbocycles. The van der Waals surface area contributed by atoms with Gasteiger partial charge in [-0.05, 0) is 12.8 Å². The maximum Gasteiger partial charge on any atom is 0.434 e. The molecule has 2 rings (SSSR count). The van der Waals surface area contributed by atoms with Gasteiger partial charge in [0.15, 0.2) is 5.69 Å². The molecule has 1 heterocycles. The number of nitrogens with zero attached hydrogens (tertiary/aromatic N) is 1. The van der Waals surface area contributed by atoms with Crippen molar-refractivity contribution in [2.75, 3.05) is 0 Å². The summed E-state index contributed by atoms with van der Waals surface area (Å²) in [5.41, 5.74) is 0.0109. The maximum absolute atomic E-state index is 12.9. The Hall–Kier alpha value is -1.11. The van der Waals surface area contributed by atoms with E-state index in [9.17, 15) is 18.0 Å². The van der Waals surface area contributed by atoms with Gasteiger partial charge in [-0.25, -0.2) is 4.98 Å². The average Bonchev–Trinajstić information content (AvgIpc) is 3.00. The minimum absolute atomic E-state index is 0.0416. The summed E-state index contributed by atoms with van der Waals surface area (Å²) < 4.78 is 38.7. The third-order valence-corrected chi connectivity index (χ3v) is 5.31. The van der Waals surface area contributed by atoms with Gasteiger partial charge in [0, 0.05) is 6.04 Å². The molecule has 0 bridgehead atoms. The SMILES string of the molecule is O=C(NC1CCCCCCCCCCC1)c1scnc1C(F)(F)F. The van der Waals surface area contributed by atoms with Crippen molar-refractivity contribution in [2.45, 2.75) is 82.8 Å². The zero-order chi connectivity index (χ0) is 17.4. The van der Waals surface area contributed by atoms with Crippen LogP contribution in [-0.2, 0) is 6.18 Å². The van der Waals surface area contributed by atoms with E-state index in [0.29, 0.717) is 0 Å². The lowest BCUT2D eigenvalue weighted by Crippen LogP contribution is -2.35. The van der Waals surface area contributed by atoms with Gasteiger partial charge >= 0.3 is 6.18 Å². The van der Waals surface area contributed by atoms with Crippen molar-refractivity contribution in [3.63, 3.8) is 0 Å². The van der Waals surface area contributed by atoms with Gasteiger partial charge in [0.05, 0.1) is 5.51 Å². The van der Waals surface area contributed by atoms with Gasteiger partial charge in [-0.2, -0.15) is 13.2 Å². The highest BCUT2D eigenvalue weighted by molar-refractivity contribution is 7.11. The van der Waals surface area contributed by atoms with Gasteiger partial charge in [0.25, 0.3) is 5.91 Å². The smallest absolute Gasteiger partial charge is 0.349 e. The standard InChI is InChI=1S/C17H25F3N2OS/c18-17(19,20)15-14(24-12-21-15)16(23)22-13-10-8-6-4-2-1-3-5-7-9-11-13/h12-13H,1-11H2,(H,22,23). The minimum Gasteiger partial charge on any atom is -0.349 e. The van der Waals surface area contributed by atoms with Crippen LogP contribution in [0.4, 0.5) is 13.2 Å². The van der Waals surface area contributed by atoms with Crippen molar-refractivity contribution in [1.29, 1.82) is 0 Å². The molecule has 3 nitrogen and oxygen atoms in total. The molecule has 0 unspecified atom stereocenters. The van der Waals surface area contributed by atoms with Gasteiger partial charge < -0.3 is 5.32 Å². The first kappa shape index (κ1) is 19.2. The van der Waals surface area contributed by atoms with Crippen LogP contribution >= 0.6 is 11.3 Å². The lowest BCUT2D eigenvalue weighted by atomic mass is 9.98. The number of amides is 1. The van der Waals surface area contributed by atoms with Crippen LogP contribution in [0.1, 0.15) is 86.0 Å². The second-order valence-corrected chi connectivity index (χ2v) is 7.31. The third-order valence-electron chi connectivity index (χ3n) is 4.48. The zero-order valence-electron chi connectivity index (χ0n) is 13.8. The monoisotopic (exact) mass is 362 g/mol. The maximum atomic E-state index is 12.9. The summed E-state index contributed by atoms with van der Waals surface area (Å²) in [6.45, 7) is 0. The van der Waals surface area contributed by atoms with Crippen LogP contribution in [0.15, 0.2) is 5.51 Å². The second kappa shape index (κ2) is 9.39. The van der Waals surface area contributed by atoms with Gasteiger partial charge in [-0.1, -0.05) is 57.8 Å². The third kappa shape index (κ3) is 6.07. The first-order valence-corrected chi connectivity index (χ1v) is 9.68. The van der Waals surface area contributed by atoms with E-state index in [1.165, 1.54) is 32.1 Å². The van der Waals surface area contributed by atoms with Crippen molar-refractivity contribution in [3.05, 3.63) is 16.1 Å². The largest absolute Gasteiger partial charge is 0.434 e. The number of hydrogen-bond donors (Lipinski definition) is 1. The van der Waals surface area contributed by atoms with Gasteiger partial charge in [-0.15, -0.1) is 11.3 Å². The molecule has 1 amide bonds. The Morgan fingerprint density at radius 3 is 2.00 bits per heavy atom. The number of hydrogen-bond acceptors (Lipinski definition) is 3. The molecule has 136 valence electrons. The molecule has 0 atom stereocenters. The fourth-order valence-corrected chi connectivity index (χ4v) is 3.88. The van der Waals surface area contributed by atoms with Crippen molar-refractivity contribution >= 4 is 17.2 Å². The average molecular weight is 362 g/mol. The van der Waals surface area contributed by atoms with Crippen LogP contribution in [0.25, 0.3) is 0 Å². The summed E-state index contributed by atoms with van der Waals surface area (Å²) in [7, 11) is 0. The predicted molar refractivity (Wildman–Crippen MR) is 89.2 cm³/mol. The molecule has 1 aliphatic rings. The topological polar surface area (TPSA) is 42.0 Å². The normalized spacial score (nSPS) is 19.3. The summed E-state index contributed by atoms with van der Waals surface area (Å²) >= 11 is 0.753. The minimum atomic E-state index is -4.58. The fraction of sp³-hybridized carbons (Fsp3) is 0.765. The van der Waals surface area contributed by atoms with E-state index in [2.05, 4.69) is 10.3 Å². The molecule has 0 aliphatic heterocycles. The van der Waals surface area contributed by atoms with Crippen molar-refractivity contribution in [1.82, 2.24) is 10.3 Å². The Kier molecular flexibility index (Phi) is 7.52. The predicted octanol–water partition coefficient (Wildman–Crippen LogP) is 5.57. The van der Waals surface area contributed by atoms with Crippen LogP contribution in [0.5, 0.6) is 0 Å². The van der Waals surface area contributed by atoms with E-state index in [4.69, 9.17) is 0 Å². The molecule has 0 aromatic carbocycles. The number of carbonyl (C=O) groups excluding carboxylic acids is 1. The van der Waals surface area contributed by atoms with Gasteiger partial charge in [0.2, 0.25) is 0 Å². The molecular weight excluding hydrogens is 337 g/mol. The van der Waals surface area contributed by atoms with Crippen LogP contribution in [0.2, 0.25) is 0 Å². The van der Waals surface area contributed by atoms with Crippen LogP contribution in [0, 0.1) is 0 Å². The Labute approximate surface area is 145 Å². The number of rotatable bonds is 2. The van der Waals surface area contributed by atoms with E-state index in [1.54, 1.807) is 0 Å². The Bertz CT molecular complexity index is 504. The van der Waals surface area contributed by atoms with Crippen molar-refractivity contribution in [3.8, 4) is 0 Å². The molecule has 0 saturated heterocycles. The van der Waals surface area contributed by atoms with E-state index < -0.39 is 17.8 Å². The van der Waals surface area contributed by atoms with Crippen LogP contribution in [0.3, 0.4) is 0 Å². The molecule has 1 fully saturated rings. The first-order valence-electron chi connectivity index (χ1n) is 8.80. The molecule has 24 heavy (non-hydrogen) atoms. The molecular formula is C17H25F3N2OS. The lowest BCUT2D eigenvalue weighted by molar-refractivity contribution is -0.141. The number of nitrogens with one attached hydrogen (secondary N) is 1. The molecule has 0 radical (unpaired) electrons. The zero-order valence-corrected chi connectivity index (χ0v) is 14.6. The summed E-state index contributed by atoms with van der Waals surface area (Å²) in [6.07, 6.45) is 7.59. The lowest BCUT2D eigenvalue weighted by Gasteiger charge is -2.19. The number of carbonyl (C=O) groups is 1. The van der Waals surface area contributed by atoms with Crippen molar-refractivity contribution in [2.24, 2.45) is 0 Å². The summed E-state index contributed by atoms with van der Waals surface area (Å²) in [4.78, 5) is 15.3. The molecule has 1 aromatic heterocycles.